The summed E-state index contributed by atoms with van der Waals surface area (Å²) in [6.07, 6.45) is 0.276. The van der Waals surface area contributed by atoms with Crippen molar-refractivity contribution in [2.45, 2.75) is 45.4 Å². The molecule has 1 aromatic carbocycles. The lowest BCUT2D eigenvalue weighted by atomic mass is 10.0. The molecule has 1 N–H and O–H groups in total. The molecule has 0 aliphatic carbocycles. The van der Waals surface area contributed by atoms with Crippen molar-refractivity contribution in [3.63, 3.8) is 0 Å². The molecule has 1 aromatic rings. The lowest BCUT2D eigenvalue weighted by Gasteiger charge is -2.28. The fraction of sp³-hybridized carbons (Fsp3) is 0.591. The first-order valence-electron chi connectivity index (χ1n) is 10.2. The second-order valence-corrected chi connectivity index (χ2v) is 8.75. The molecule has 29 heavy (non-hydrogen) atoms. The van der Waals surface area contributed by atoms with Crippen molar-refractivity contribution in [2.75, 3.05) is 32.1 Å². The van der Waals surface area contributed by atoms with E-state index in [1.54, 1.807) is 17.0 Å². The van der Waals surface area contributed by atoms with Gasteiger partial charge < -0.3 is 19.9 Å². The Hall–Kier alpha value is -2.41. The largest absolute Gasteiger partial charge is 0.378 e. The predicted octanol–water partition coefficient (Wildman–Crippen LogP) is 1.71. The number of nitrogens with zero attached hydrogens (tertiary/aromatic N) is 2. The monoisotopic (exact) mass is 401 g/mol. The molecule has 2 aliphatic heterocycles. The normalized spacial score (nSPS) is 24.6. The standard InChI is InChI=1S/C22H31N3O4/c1-13(2)10-17(23-21(27)15-6-8-16(9-7-15)24(4)5)22(28)25-11-14(3)20-19(25)18(26)12-29-20/h6-9,13-14,17,19-20H,10-12H2,1-5H3,(H,23,27)/t14?,17-,19+,20?/m0/s1. The lowest BCUT2D eigenvalue weighted by molar-refractivity contribution is -0.138. The van der Waals surface area contributed by atoms with Crippen LogP contribution in [0.3, 0.4) is 0 Å². The van der Waals surface area contributed by atoms with Crippen LogP contribution in [0.5, 0.6) is 0 Å². The zero-order chi connectivity index (χ0) is 21.3. The van der Waals surface area contributed by atoms with Gasteiger partial charge in [-0.3, -0.25) is 14.4 Å². The summed E-state index contributed by atoms with van der Waals surface area (Å²) in [5, 5.41) is 2.90. The van der Waals surface area contributed by atoms with Crippen LogP contribution in [-0.2, 0) is 14.3 Å². The van der Waals surface area contributed by atoms with Crippen molar-refractivity contribution in [1.82, 2.24) is 10.2 Å². The SMILES string of the molecule is CC(C)C[C@H](NC(=O)c1ccc(N(C)C)cc1)C(=O)N1CC(C)C2OCC(=O)[C@H]21. The molecule has 0 aromatic heterocycles. The fourth-order valence-electron chi connectivity index (χ4n) is 4.17. The van der Waals surface area contributed by atoms with Gasteiger partial charge in [0.15, 0.2) is 5.78 Å². The van der Waals surface area contributed by atoms with Crippen LogP contribution in [-0.4, -0.2) is 67.9 Å². The van der Waals surface area contributed by atoms with Gasteiger partial charge in [0.1, 0.15) is 18.7 Å². The Morgan fingerprint density at radius 1 is 1.24 bits per heavy atom. The second kappa shape index (κ2) is 8.53. The molecule has 7 nitrogen and oxygen atoms in total. The highest BCUT2D eigenvalue weighted by atomic mass is 16.5. The molecule has 158 valence electrons. The van der Waals surface area contributed by atoms with Gasteiger partial charge in [0.25, 0.3) is 5.91 Å². The Labute approximate surface area is 172 Å². The molecule has 3 rings (SSSR count). The van der Waals surface area contributed by atoms with E-state index in [9.17, 15) is 14.4 Å². The van der Waals surface area contributed by atoms with E-state index in [2.05, 4.69) is 5.32 Å². The van der Waals surface area contributed by atoms with Gasteiger partial charge in [0.2, 0.25) is 5.91 Å². The van der Waals surface area contributed by atoms with E-state index < -0.39 is 12.1 Å². The van der Waals surface area contributed by atoms with Crippen molar-refractivity contribution in [3.05, 3.63) is 29.8 Å². The third kappa shape index (κ3) is 4.45. The minimum absolute atomic E-state index is 0.0541. The molecule has 2 amide bonds. The van der Waals surface area contributed by atoms with E-state index in [-0.39, 0.29) is 42.1 Å². The number of nitrogens with one attached hydrogen (secondary N) is 1. The zero-order valence-corrected chi connectivity index (χ0v) is 17.8. The Morgan fingerprint density at radius 2 is 1.90 bits per heavy atom. The Bertz CT molecular complexity index is 775. The summed E-state index contributed by atoms with van der Waals surface area (Å²) < 4.78 is 5.59. The Kier molecular flexibility index (Phi) is 6.27. The van der Waals surface area contributed by atoms with Gasteiger partial charge in [-0.15, -0.1) is 0 Å². The average Bonchev–Trinajstić information content (AvgIpc) is 3.21. The highest BCUT2D eigenvalue weighted by molar-refractivity contribution is 5.99. The second-order valence-electron chi connectivity index (χ2n) is 8.75. The van der Waals surface area contributed by atoms with Crippen LogP contribution in [0.4, 0.5) is 5.69 Å². The number of ether oxygens (including phenoxy) is 1. The third-order valence-electron chi connectivity index (χ3n) is 5.68. The topological polar surface area (TPSA) is 79.0 Å². The number of ketones is 1. The van der Waals surface area contributed by atoms with Gasteiger partial charge in [0.05, 0.1) is 6.10 Å². The zero-order valence-electron chi connectivity index (χ0n) is 17.8. The number of anilines is 1. The lowest BCUT2D eigenvalue weighted by Crippen LogP contribution is -2.52. The molecule has 2 heterocycles. The molecule has 2 saturated heterocycles. The molecule has 2 fully saturated rings. The summed E-state index contributed by atoms with van der Waals surface area (Å²) in [4.78, 5) is 42.0. The van der Waals surface area contributed by atoms with Crippen LogP contribution in [0.2, 0.25) is 0 Å². The van der Waals surface area contributed by atoms with E-state index >= 15 is 0 Å². The summed E-state index contributed by atoms with van der Waals surface area (Å²) in [5.41, 5.74) is 1.50. The van der Waals surface area contributed by atoms with Gasteiger partial charge in [-0.1, -0.05) is 20.8 Å². The molecular weight excluding hydrogens is 370 g/mol. The first-order valence-corrected chi connectivity index (χ1v) is 10.2. The van der Waals surface area contributed by atoms with E-state index in [0.717, 1.165) is 5.69 Å². The van der Waals surface area contributed by atoms with Gasteiger partial charge >= 0.3 is 0 Å². The number of carbonyl (C=O) groups excluding carboxylic acids is 3. The van der Waals surface area contributed by atoms with E-state index in [1.807, 2.05) is 51.9 Å². The number of hydrogen-bond donors (Lipinski definition) is 1. The number of likely N-dealkylation sites (tertiary alicyclic amines) is 1. The highest BCUT2D eigenvalue weighted by Gasteiger charge is 2.51. The number of carbonyl (C=O) groups is 3. The summed E-state index contributed by atoms with van der Waals surface area (Å²) in [6, 6.07) is 6.05. The minimum Gasteiger partial charge on any atom is -0.378 e. The smallest absolute Gasteiger partial charge is 0.251 e. The van der Waals surface area contributed by atoms with Crippen LogP contribution in [0, 0.1) is 11.8 Å². The average molecular weight is 402 g/mol. The first-order chi connectivity index (χ1) is 13.7. The molecule has 0 radical (unpaired) electrons. The van der Waals surface area contributed by atoms with E-state index in [0.29, 0.717) is 18.5 Å². The number of Topliss-reactive ketones (excluding diaryl/α,β-unsaturated/α-hetero) is 1. The molecule has 2 aliphatic rings. The molecule has 7 heteroatoms. The van der Waals surface area contributed by atoms with Crippen molar-refractivity contribution < 1.29 is 19.1 Å². The van der Waals surface area contributed by atoms with Gasteiger partial charge in [-0.25, -0.2) is 0 Å². The summed E-state index contributed by atoms with van der Waals surface area (Å²) in [7, 11) is 3.87. The first kappa shape index (κ1) is 21.3. The van der Waals surface area contributed by atoms with Crippen molar-refractivity contribution in [1.29, 1.82) is 0 Å². The quantitative estimate of drug-likeness (QED) is 0.785. The molecule has 4 atom stereocenters. The molecular formula is C22H31N3O4. The fourth-order valence-corrected chi connectivity index (χ4v) is 4.17. The van der Waals surface area contributed by atoms with Crippen molar-refractivity contribution in [3.8, 4) is 0 Å². The summed E-state index contributed by atoms with van der Waals surface area (Å²) >= 11 is 0. The van der Waals surface area contributed by atoms with E-state index in [4.69, 9.17) is 4.74 Å². The molecule has 2 unspecified atom stereocenters. The maximum atomic E-state index is 13.3. The predicted molar refractivity (Wildman–Crippen MR) is 111 cm³/mol. The van der Waals surface area contributed by atoms with Crippen molar-refractivity contribution in [2.24, 2.45) is 11.8 Å². The third-order valence-corrected chi connectivity index (χ3v) is 5.68. The Morgan fingerprint density at radius 3 is 2.48 bits per heavy atom. The number of amides is 2. The number of benzene rings is 1. The van der Waals surface area contributed by atoms with Gasteiger partial charge in [0, 0.05) is 37.8 Å². The van der Waals surface area contributed by atoms with Crippen LogP contribution in [0.25, 0.3) is 0 Å². The molecule has 0 spiro atoms. The van der Waals surface area contributed by atoms with Gasteiger partial charge in [-0.05, 0) is 36.6 Å². The van der Waals surface area contributed by atoms with Crippen LogP contribution in [0.15, 0.2) is 24.3 Å². The summed E-state index contributed by atoms with van der Waals surface area (Å²) in [5.74, 6) is -0.222. The van der Waals surface area contributed by atoms with Gasteiger partial charge in [-0.2, -0.15) is 0 Å². The highest BCUT2D eigenvalue weighted by Crippen LogP contribution is 2.32. The number of fused-ring (bicyclic) bond motifs is 1. The Balaban J connectivity index is 1.76. The van der Waals surface area contributed by atoms with Crippen LogP contribution in [0.1, 0.15) is 37.6 Å². The van der Waals surface area contributed by atoms with E-state index in [1.165, 1.54) is 0 Å². The maximum Gasteiger partial charge on any atom is 0.251 e. The number of hydrogen-bond acceptors (Lipinski definition) is 5. The molecule has 0 bridgehead atoms. The summed E-state index contributed by atoms with van der Waals surface area (Å²) in [6.45, 7) is 6.55. The minimum atomic E-state index is -0.671. The van der Waals surface area contributed by atoms with Crippen molar-refractivity contribution >= 4 is 23.3 Å². The molecule has 0 saturated carbocycles. The number of rotatable bonds is 6. The van der Waals surface area contributed by atoms with Crippen LogP contribution >= 0.6 is 0 Å². The maximum absolute atomic E-state index is 13.3. The van der Waals surface area contributed by atoms with Crippen LogP contribution < -0.4 is 10.2 Å².